The van der Waals surface area contributed by atoms with Gasteiger partial charge in [-0.3, -0.25) is 4.90 Å². The van der Waals surface area contributed by atoms with Crippen LogP contribution in [0.1, 0.15) is 44.2 Å². The Labute approximate surface area is 152 Å². The van der Waals surface area contributed by atoms with Crippen LogP contribution in [-0.4, -0.2) is 43.3 Å². The Morgan fingerprint density at radius 1 is 1.22 bits per heavy atom. The highest BCUT2D eigenvalue weighted by Crippen LogP contribution is 2.33. The second-order valence-corrected chi connectivity index (χ2v) is 5.73. The molecule has 0 bridgehead atoms. The number of rotatable bonds is 7. The number of unbranched alkanes of at least 4 members (excludes halogenated alkanes) is 2. The van der Waals surface area contributed by atoms with Gasteiger partial charge >= 0.3 is 0 Å². The van der Waals surface area contributed by atoms with Crippen molar-refractivity contribution in [3.63, 3.8) is 0 Å². The van der Waals surface area contributed by atoms with Crippen LogP contribution in [0.5, 0.6) is 11.5 Å². The number of piperazine rings is 1. The molecule has 6 heteroatoms. The first-order chi connectivity index (χ1) is 10.3. The van der Waals surface area contributed by atoms with Crippen molar-refractivity contribution in [2.24, 2.45) is 0 Å². The summed E-state index contributed by atoms with van der Waals surface area (Å²) in [5.41, 5.74) is 1.20. The molecule has 1 aromatic rings. The van der Waals surface area contributed by atoms with Crippen molar-refractivity contribution in [2.75, 3.05) is 33.3 Å². The summed E-state index contributed by atoms with van der Waals surface area (Å²) in [6, 6.07) is 6.24. The molecule has 0 spiro atoms. The zero-order valence-corrected chi connectivity index (χ0v) is 15.7. The third-order valence-corrected chi connectivity index (χ3v) is 4.26. The van der Waals surface area contributed by atoms with Crippen LogP contribution >= 0.6 is 24.8 Å². The number of halogens is 2. The molecule has 0 saturated carbocycles. The summed E-state index contributed by atoms with van der Waals surface area (Å²) >= 11 is 0. The molecular weight excluding hydrogens is 335 g/mol. The van der Waals surface area contributed by atoms with Crippen LogP contribution in [0.3, 0.4) is 0 Å². The van der Waals surface area contributed by atoms with Crippen LogP contribution in [-0.2, 0) is 0 Å². The molecule has 2 N–H and O–H groups in total. The van der Waals surface area contributed by atoms with E-state index in [0.29, 0.717) is 11.8 Å². The van der Waals surface area contributed by atoms with Gasteiger partial charge in [-0.2, -0.15) is 0 Å². The van der Waals surface area contributed by atoms with Gasteiger partial charge in [0, 0.05) is 32.2 Å². The SMILES string of the molecule is CCCCC[C@H](c1ccc(OC)c(O)c1)N1CCNCC1.Cl.Cl. The largest absolute Gasteiger partial charge is 0.504 e. The van der Waals surface area contributed by atoms with Gasteiger partial charge in [-0.25, -0.2) is 0 Å². The smallest absolute Gasteiger partial charge is 0.160 e. The lowest BCUT2D eigenvalue weighted by molar-refractivity contribution is 0.162. The monoisotopic (exact) mass is 364 g/mol. The van der Waals surface area contributed by atoms with Crippen molar-refractivity contribution >= 4 is 24.8 Å². The first-order valence-electron chi connectivity index (χ1n) is 8.08. The predicted molar refractivity (Wildman–Crippen MR) is 100 cm³/mol. The van der Waals surface area contributed by atoms with E-state index in [-0.39, 0.29) is 30.6 Å². The van der Waals surface area contributed by atoms with Crippen molar-refractivity contribution in [1.82, 2.24) is 10.2 Å². The van der Waals surface area contributed by atoms with Crippen LogP contribution in [0, 0.1) is 0 Å². The molecule has 1 aliphatic heterocycles. The van der Waals surface area contributed by atoms with E-state index in [1.54, 1.807) is 7.11 Å². The number of aromatic hydroxyl groups is 1. The lowest BCUT2D eigenvalue weighted by atomic mass is 9.97. The van der Waals surface area contributed by atoms with Gasteiger partial charge in [-0.1, -0.05) is 32.3 Å². The summed E-state index contributed by atoms with van der Waals surface area (Å²) in [6.45, 7) is 6.48. The topological polar surface area (TPSA) is 44.7 Å². The molecule has 1 saturated heterocycles. The minimum Gasteiger partial charge on any atom is -0.504 e. The molecule has 0 amide bonds. The number of phenols is 1. The van der Waals surface area contributed by atoms with Gasteiger partial charge in [-0.05, 0) is 24.1 Å². The van der Waals surface area contributed by atoms with Gasteiger partial charge in [0.15, 0.2) is 11.5 Å². The van der Waals surface area contributed by atoms with Gasteiger partial charge in [-0.15, -0.1) is 24.8 Å². The molecule has 23 heavy (non-hydrogen) atoms. The van der Waals surface area contributed by atoms with Crippen LogP contribution < -0.4 is 10.1 Å². The second kappa shape index (κ2) is 11.8. The number of hydrogen-bond donors (Lipinski definition) is 2. The summed E-state index contributed by atoms with van der Waals surface area (Å²) in [6.07, 6.45) is 4.89. The first-order valence-corrected chi connectivity index (χ1v) is 8.08. The number of nitrogens with zero attached hydrogens (tertiary/aromatic N) is 1. The lowest BCUT2D eigenvalue weighted by Gasteiger charge is -2.35. The summed E-state index contributed by atoms with van der Waals surface area (Å²) in [5, 5.41) is 13.5. The molecule has 0 unspecified atom stereocenters. The highest BCUT2D eigenvalue weighted by Gasteiger charge is 2.22. The summed E-state index contributed by atoms with van der Waals surface area (Å²) in [7, 11) is 1.59. The zero-order valence-electron chi connectivity index (χ0n) is 14.1. The van der Waals surface area contributed by atoms with Crippen LogP contribution in [0.2, 0.25) is 0 Å². The third-order valence-electron chi connectivity index (χ3n) is 4.26. The van der Waals surface area contributed by atoms with Crippen molar-refractivity contribution in [3.05, 3.63) is 23.8 Å². The molecule has 1 aromatic carbocycles. The van der Waals surface area contributed by atoms with Crippen molar-refractivity contribution in [1.29, 1.82) is 0 Å². The summed E-state index contributed by atoms with van der Waals surface area (Å²) < 4.78 is 5.15. The molecule has 1 fully saturated rings. The quantitative estimate of drug-likeness (QED) is 0.722. The van der Waals surface area contributed by atoms with Crippen LogP contribution in [0.4, 0.5) is 0 Å². The van der Waals surface area contributed by atoms with E-state index in [1.807, 2.05) is 12.1 Å². The lowest BCUT2D eigenvalue weighted by Crippen LogP contribution is -2.45. The molecular formula is C17H30Cl2N2O2. The molecule has 0 aromatic heterocycles. The molecule has 1 aliphatic rings. The fourth-order valence-electron chi connectivity index (χ4n) is 3.06. The fourth-order valence-corrected chi connectivity index (χ4v) is 3.06. The Morgan fingerprint density at radius 2 is 1.91 bits per heavy atom. The van der Waals surface area contributed by atoms with Gasteiger partial charge in [0.25, 0.3) is 0 Å². The number of ether oxygens (including phenoxy) is 1. The summed E-state index contributed by atoms with van der Waals surface area (Å²) in [5.74, 6) is 0.789. The molecule has 4 nitrogen and oxygen atoms in total. The number of phenolic OH excluding ortho intramolecular Hbond substituents is 1. The Balaban J connectivity index is 0.00000242. The predicted octanol–water partition coefficient (Wildman–Crippen LogP) is 3.77. The summed E-state index contributed by atoms with van der Waals surface area (Å²) in [4.78, 5) is 2.54. The van der Waals surface area contributed by atoms with Gasteiger partial charge in [0.1, 0.15) is 0 Å². The maximum atomic E-state index is 10.1. The number of benzene rings is 1. The van der Waals surface area contributed by atoms with Gasteiger partial charge in [0.2, 0.25) is 0 Å². The second-order valence-electron chi connectivity index (χ2n) is 5.73. The van der Waals surface area contributed by atoms with Crippen molar-refractivity contribution in [2.45, 2.75) is 38.6 Å². The fraction of sp³-hybridized carbons (Fsp3) is 0.647. The van der Waals surface area contributed by atoms with Crippen LogP contribution in [0.15, 0.2) is 18.2 Å². The van der Waals surface area contributed by atoms with Crippen LogP contribution in [0.25, 0.3) is 0 Å². The molecule has 0 aliphatic carbocycles. The highest BCUT2D eigenvalue weighted by atomic mass is 35.5. The van der Waals surface area contributed by atoms with E-state index in [0.717, 1.165) is 32.6 Å². The van der Waals surface area contributed by atoms with Gasteiger partial charge in [0.05, 0.1) is 7.11 Å². The Kier molecular flexibility index (Phi) is 11.4. The Hall–Kier alpha value is -0.680. The minimum absolute atomic E-state index is 0. The number of hydrogen-bond acceptors (Lipinski definition) is 4. The van der Waals surface area contributed by atoms with Crippen molar-refractivity contribution in [3.8, 4) is 11.5 Å². The molecule has 1 heterocycles. The van der Waals surface area contributed by atoms with E-state index in [2.05, 4.69) is 23.2 Å². The van der Waals surface area contributed by atoms with Gasteiger partial charge < -0.3 is 15.2 Å². The first kappa shape index (κ1) is 22.3. The Bertz CT molecular complexity index is 441. The van der Waals surface area contributed by atoms with E-state index in [1.165, 1.54) is 24.8 Å². The van der Waals surface area contributed by atoms with E-state index in [4.69, 9.17) is 4.74 Å². The average molecular weight is 365 g/mol. The standard InChI is InChI=1S/C17H28N2O2.2ClH/c1-3-4-5-6-15(19-11-9-18-10-12-19)14-7-8-17(21-2)16(20)13-14;;/h7-8,13,15,18,20H,3-6,9-12H2,1-2H3;2*1H/t15-;;/m1../s1. The zero-order chi connectivity index (χ0) is 15.1. The highest BCUT2D eigenvalue weighted by molar-refractivity contribution is 5.85. The van der Waals surface area contributed by atoms with E-state index < -0.39 is 0 Å². The van der Waals surface area contributed by atoms with E-state index in [9.17, 15) is 5.11 Å². The normalized spacial score (nSPS) is 16.1. The molecule has 2 rings (SSSR count). The third kappa shape index (κ3) is 6.38. The number of methoxy groups -OCH3 is 1. The molecule has 1 atom stereocenters. The van der Waals surface area contributed by atoms with E-state index >= 15 is 0 Å². The minimum atomic E-state index is 0. The average Bonchev–Trinajstić information content (AvgIpc) is 2.52. The maximum Gasteiger partial charge on any atom is 0.160 e. The van der Waals surface area contributed by atoms with Crippen molar-refractivity contribution < 1.29 is 9.84 Å². The Morgan fingerprint density at radius 3 is 2.48 bits per heavy atom. The maximum absolute atomic E-state index is 10.1. The number of nitrogens with one attached hydrogen (secondary N) is 1. The molecule has 134 valence electrons. The molecule has 0 radical (unpaired) electrons.